The van der Waals surface area contributed by atoms with E-state index in [-0.39, 0.29) is 35.1 Å². The van der Waals surface area contributed by atoms with Crippen LogP contribution in [0.15, 0.2) is 60.7 Å². The fraction of sp³-hybridized carbons (Fsp3) is 0.312. The first-order valence-corrected chi connectivity index (χ1v) is 13.3. The number of unbranched alkanes of at least 4 members (excludes halogenated alkanes) is 4. The molecule has 0 aromatic heterocycles. The number of hydrogen-bond donors (Lipinski definition) is 0. The zero-order valence-corrected chi connectivity index (χ0v) is 22.1. The Kier molecular flexibility index (Phi) is 9.96. The predicted molar refractivity (Wildman–Crippen MR) is 144 cm³/mol. The molecule has 0 saturated carbocycles. The van der Waals surface area contributed by atoms with Crippen LogP contribution in [0.4, 0.5) is 26.3 Å². The standard InChI is InChI=1S/C32H30F6O2/c1-2-3-4-5-6-15-39-24-18-27(34)30(28(35)19-24)23-12-13-25-22(17-23)11-10-21(31(25)36)9-7-20-8-14-29(26(33)16-20)40-32(37)38/h8,10-14,16-19,32H,2-7,9,15H2,1H3. The van der Waals surface area contributed by atoms with Crippen LogP contribution in [0.2, 0.25) is 0 Å². The Hall–Kier alpha value is -3.68. The molecule has 40 heavy (non-hydrogen) atoms. The summed E-state index contributed by atoms with van der Waals surface area (Å²) in [4.78, 5) is 0. The van der Waals surface area contributed by atoms with Crippen molar-refractivity contribution in [3.05, 3.63) is 95.1 Å². The van der Waals surface area contributed by atoms with Gasteiger partial charge in [0.15, 0.2) is 11.6 Å². The molecule has 4 rings (SSSR count). The fourth-order valence-corrected chi connectivity index (χ4v) is 4.66. The highest BCUT2D eigenvalue weighted by molar-refractivity contribution is 5.88. The highest BCUT2D eigenvalue weighted by Gasteiger charge is 2.17. The maximum absolute atomic E-state index is 15.3. The van der Waals surface area contributed by atoms with E-state index in [1.54, 1.807) is 12.1 Å². The second-order valence-electron chi connectivity index (χ2n) is 9.64. The molecule has 8 heteroatoms. The van der Waals surface area contributed by atoms with Crippen molar-refractivity contribution in [1.29, 1.82) is 0 Å². The molecule has 4 aromatic carbocycles. The first-order chi connectivity index (χ1) is 19.3. The summed E-state index contributed by atoms with van der Waals surface area (Å²) >= 11 is 0. The van der Waals surface area contributed by atoms with Gasteiger partial charge in [-0.05, 0) is 59.5 Å². The van der Waals surface area contributed by atoms with Crippen molar-refractivity contribution >= 4 is 10.8 Å². The zero-order chi connectivity index (χ0) is 28.6. The van der Waals surface area contributed by atoms with Crippen molar-refractivity contribution < 1.29 is 35.8 Å². The Morgan fingerprint density at radius 3 is 2.17 bits per heavy atom. The highest BCUT2D eigenvalue weighted by Crippen LogP contribution is 2.33. The number of ether oxygens (including phenoxy) is 2. The topological polar surface area (TPSA) is 18.5 Å². The Labute approximate surface area is 229 Å². The Bertz CT molecular complexity index is 1430. The van der Waals surface area contributed by atoms with Crippen LogP contribution in [0, 0.1) is 23.3 Å². The second kappa shape index (κ2) is 13.6. The fourth-order valence-electron chi connectivity index (χ4n) is 4.66. The van der Waals surface area contributed by atoms with Gasteiger partial charge in [-0.2, -0.15) is 8.78 Å². The quantitative estimate of drug-likeness (QED) is 0.120. The lowest BCUT2D eigenvalue weighted by molar-refractivity contribution is -0.0522. The Morgan fingerprint density at radius 1 is 0.725 bits per heavy atom. The van der Waals surface area contributed by atoms with Crippen LogP contribution >= 0.6 is 0 Å². The molecule has 0 amide bonds. The molecule has 0 aliphatic carbocycles. The largest absolute Gasteiger partial charge is 0.493 e. The van der Waals surface area contributed by atoms with Gasteiger partial charge in [-0.25, -0.2) is 17.6 Å². The molecule has 0 radical (unpaired) electrons. The van der Waals surface area contributed by atoms with E-state index in [0.29, 0.717) is 23.1 Å². The average Bonchev–Trinajstić information content (AvgIpc) is 2.91. The molecule has 0 aliphatic heterocycles. The van der Waals surface area contributed by atoms with Crippen LogP contribution in [-0.2, 0) is 12.8 Å². The van der Waals surface area contributed by atoms with Gasteiger partial charge in [0.25, 0.3) is 0 Å². The summed E-state index contributed by atoms with van der Waals surface area (Å²) in [5, 5.41) is 0.737. The van der Waals surface area contributed by atoms with Gasteiger partial charge < -0.3 is 9.47 Å². The molecule has 0 bridgehead atoms. The summed E-state index contributed by atoms with van der Waals surface area (Å²) < 4.78 is 93.4. The molecule has 0 heterocycles. The lowest BCUT2D eigenvalue weighted by Crippen LogP contribution is -2.04. The third-order valence-corrected chi connectivity index (χ3v) is 6.75. The molecule has 0 unspecified atom stereocenters. The smallest absolute Gasteiger partial charge is 0.387 e. The molecule has 4 aromatic rings. The Balaban J connectivity index is 1.46. The predicted octanol–water partition coefficient (Wildman–Crippen LogP) is 9.80. The summed E-state index contributed by atoms with van der Waals surface area (Å²) in [5.41, 5.74) is 0.899. The van der Waals surface area contributed by atoms with E-state index in [9.17, 15) is 22.0 Å². The van der Waals surface area contributed by atoms with Crippen molar-refractivity contribution in [1.82, 2.24) is 0 Å². The molecular weight excluding hydrogens is 530 g/mol. The zero-order valence-electron chi connectivity index (χ0n) is 22.1. The summed E-state index contributed by atoms with van der Waals surface area (Å²) in [6.07, 6.45) is 5.66. The van der Waals surface area contributed by atoms with Crippen LogP contribution in [0.3, 0.4) is 0 Å². The SMILES string of the molecule is CCCCCCCOc1cc(F)c(-c2ccc3c(F)c(CCc4ccc(OC(F)F)c(F)c4)ccc3c2)c(F)c1. The lowest BCUT2D eigenvalue weighted by Gasteiger charge is -2.12. The summed E-state index contributed by atoms with van der Waals surface area (Å²) in [6.45, 7) is -0.628. The van der Waals surface area contributed by atoms with E-state index >= 15 is 4.39 Å². The van der Waals surface area contributed by atoms with E-state index in [1.807, 2.05) is 0 Å². The molecule has 2 nitrogen and oxygen atoms in total. The maximum atomic E-state index is 15.3. The molecule has 0 saturated heterocycles. The van der Waals surface area contributed by atoms with E-state index in [0.717, 1.165) is 56.4 Å². The minimum Gasteiger partial charge on any atom is -0.493 e. The average molecular weight is 561 g/mol. The lowest BCUT2D eigenvalue weighted by atomic mass is 9.96. The van der Waals surface area contributed by atoms with E-state index in [1.165, 1.54) is 24.3 Å². The van der Waals surface area contributed by atoms with Crippen molar-refractivity contribution in [2.75, 3.05) is 6.61 Å². The van der Waals surface area contributed by atoms with Crippen LogP contribution in [0.25, 0.3) is 21.9 Å². The van der Waals surface area contributed by atoms with Crippen molar-refractivity contribution in [3.63, 3.8) is 0 Å². The van der Waals surface area contributed by atoms with Gasteiger partial charge in [0, 0.05) is 17.5 Å². The minimum absolute atomic E-state index is 0.127. The molecule has 212 valence electrons. The van der Waals surface area contributed by atoms with Gasteiger partial charge in [0.2, 0.25) is 0 Å². The second-order valence-corrected chi connectivity index (χ2v) is 9.64. The normalized spacial score (nSPS) is 11.4. The molecule has 0 spiro atoms. The molecule has 0 atom stereocenters. The van der Waals surface area contributed by atoms with Gasteiger partial charge >= 0.3 is 6.61 Å². The third-order valence-electron chi connectivity index (χ3n) is 6.75. The first kappa shape index (κ1) is 29.3. The van der Waals surface area contributed by atoms with Crippen molar-refractivity contribution in [2.45, 2.75) is 58.5 Å². The number of halogens is 6. The minimum atomic E-state index is -3.14. The summed E-state index contributed by atoms with van der Waals surface area (Å²) in [5.74, 6) is -3.39. The van der Waals surface area contributed by atoms with Gasteiger partial charge in [0.05, 0.1) is 12.2 Å². The monoisotopic (exact) mass is 560 g/mol. The van der Waals surface area contributed by atoms with Crippen LogP contribution in [0.5, 0.6) is 11.5 Å². The van der Waals surface area contributed by atoms with E-state index in [2.05, 4.69) is 11.7 Å². The van der Waals surface area contributed by atoms with Crippen LogP contribution in [-0.4, -0.2) is 13.2 Å². The van der Waals surface area contributed by atoms with Crippen LogP contribution < -0.4 is 9.47 Å². The van der Waals surface area contributed by atoms with E-state index in [4.69, 9.17) is 4.74 Å². The van der Waals surface area contributed by atoms with Crippen molar-refractivity contribution in [2.24, 2.45) is 0 Å². The molecule has 0 N–H and O–H groups in total. The highest BCUT2D eigenvalue weighted by atomic mass is 19.3. The van der Waals surface area contributed by atoms with Crippen molar-refractivity contribution in [3.8, 4) is 22.6 Å². The number of aryl methyl sites for hydroxylation is 2. The maximum Gasteiger partial charge on any atom is 0.387 e. The number of fused-ring (bicyclic) bond motifs is 1. The molecular formula is C32H30F6O2. The van der Waals surface area contributed by atoms with E-state index < -0.39 is 35.6 Å². The molecule has 0 fully saturated rings. The number of alkyl halides is 2. The van der Waals surface area contributed by atoms with Gasteiger partial charge in [-0.3, -0.25) is 0 Å². The Morgan fingerprint density at radius 2 is 1.48 bits per heavy atom. The van der Waals surface area contributed by atoms with Crippen LogP contribution in [0.1, 0.15) is 50.2 Å². The number of benzene rings is 4. The molecule has 0 aliphatic rings. The van der Waals surface area contributed by atoms with Gasteiger partial charge in [-0.15, -0.1) is 0 Å². The third kappa shape index (κ3) is 7.29. The number of rotatable bonds is 13. The van der Waals surface area contributed by atoms with Gasteiger partial charge in [0.1, 0.15) is 23.2 Å². The summed E-state index contributed by atoms with van der Waals surface area (Å²) in [7, 11) is 0. The summed E-state index contributed by atoms with van der Waals surface area (Å²) in [6, 6.07) is 13.6. The number of hydrogen-bond acceptors (Lipinski definition) is 2. The first-order valence-electron chi connectivity index (χ1n) is 13.3. The van der Waals surface area contributed by atoms with Gasteiger partial charge in [-0.1, -0.05) is 62.9 Å².